The molecular formula is C21H21N5O3S. The highest BCUT2D eigenvalue weighted by Gasteiger charge is 2.18. The van der Waals surface area contributed by atoms with E-state index in [9.17, 15) is 5.11 Å². The zero-order chi connectivity index (χ0) is 21.1. The standard InChI is InChI=1S/C21H21N5O3S/c1-28-14-7-8-16(29-2)17(11-14)30-21-25-18-19(22)23-12-24-20(18)26(21)10-9-13-5-3-4-6-15(13)27/h3-8,11-12,27H,9-10H2,1-2H3,(H2,22,23,24). The predicted octanol–water partition coefficient (Wildman–Crippen LogP) is 3.53. The maximum atomic E-state index is 10.1. The highest BCUT2D eigenvalue weighted by Crippen LogP contribution is 2.38. The zero-order valence-corrected chi connectivity index (χ0v) is 17.4. The molecule has 0 aliphatic rings. The monoisotopic (exact) mass is 423 g/mol. The van der Waals surface area contributed by atoms with Crippen LogP contribution < -0.4 is 15.2 Å². The molecule has 0 bridgehead atoms. The largest absolute Gasteiger partial charge is 0.508 e. The molecule has 4 aromatic rings. The number of hydrogen-bond acceptors (Lipinski definition) is 8. The first kappa shape index (κ1) is 19.8. The Kier molecular flexibility index (Phi) is 5.62. The van der Waals surface area contributed by atoms with E-state index in [0.717, 1.165) is 16.2 Å². The van der Waals surface area contributed by atoms with E-state index < -0.39 is 0 Å². The van der Waals surface area contributed by atoms with Gasteiger partial charge in [-0.2, -0.15) is 0 Å². The Morgan fingerprint density at radius 3 is 2.70 bits per heavy atom. The number of ether oxygens (including phenoxy) is 2. The first-order chi connectivity index (χ1) is 14.6. The van der Waals surface area contributed by atoms with E-state index in [2.05, 4.69) is 9.97 Å². The summed E-state index contributed by atoms with van der Waals surface area (Å²) in [6.07, 6.45) is 2.03. The van der Waals surface area contributed by atoms with Gasteiger partial charge in [-0.3, -0.25) is 0 Å². The van der Waals surface area contributed by atoms with Crippen molar-refractivity contribution >= 4 is 28.7 Å². The number of nitrogens with two attached hydrogens (primary N) is 1. The average molecular weight is 423 g/mol. The molecular weight excluding hydrogens is 402 g/mol. The number of para-hydroxylation sites is 1. The summed E-state index contributed by atoms with van der Waals surface area (Å²) < 4.78 is 12.8. The van der Waals surface area contributed by atoms with Gasteiger partial charge in [0.1, 0.15) is 23.6 Å². The summed E-state index contributed by atoms with van der Waals surface area (Å²) in [5.74, 6) is 2.01. The van der Waals surface area contributed by atoms with Crippen LogP contribution in [0.4, 0.5) is 5.82 Å². The molecule has 0 amide bonds. The molecule has 3 N–H and O–H groups in total. The fraction of sp³-hybridized carbons (Fsp3) is 0.190. The molecule has 0 saturated heterocycles. The van der Waals surface area contributed by atoms with Crippen molar-refractivity contribution in [2.24, 2.45) is 0 Å². The maximum Gasteiger partial charge on any atom is 0.175 e. The van der Waals surface area contributed by atoms with Gasteiger partial charge >= 0.3 is 0 Å². The van der Waals surface area contributed by atoms with E-state index in [1.54, 1.807) is 26.4 Å². The zero-order valence-electron chi connectivity index (χ0n) is 16.6. The van der Waals surface area contributed by atoms with Crippen LogP contribution in [0.3, 0.4) is 0 Å². The lowest BCUT2D eigenvalue weighted by Gasteiger charge is -2.12. The average Bonchev–Trinajstić information content (AvgIpc) is 3.11. The molecule has 9 heteroatoms. The first-order valence-electron chi connectivity index (χ1n) is 9.24. The van der Waals surface area contributed by atoms with Gasteiger partial charge in [0.2, 0.25) is 0 Å². The van der Waals surface area contributed by atoms with E-state index in [0.29, 0.717) is 40.9 Å². The van der Waals surface area contributed by atoms with Gasteiger partial charge in [0.25, 0.3) is 0 Å². The number of anilines is 1. The van der Waals surface area contributed by atoms with Crippen molar-refractivity contribution in [3.8, 4) is 17.2 Å². The van der Waals surface area contributed by atoms with E-state index in [1.165, 1.54) is 18.1 Å². The third kappa shape index (κ3) is 3.84. The minimum atomic E-state index is 0.264. The molecule has 4 rings (SSSR count). The van der Waals surface area contributed by atoms with Crippen LogP contribution in [0.15, 0.2) is 58.8 Å². The number of aryl methyl sites for hydroxylation is 2. The van der Waals surface area contributed by atoms with Gasteiger partial charge in [-0.1, -0.05) is 18.2 Å². The van der Waals surface area contributed by atoms with Crippen molar-refractivity contribution in [1.29, 1.82) is 0 Å². The smallest absolute Gasteiger partial charge is 0.175 e. The van der Waals surface area contributed by atoms with Crippen LogP contribution in [-0.4, -0.2) is 38.8 Å². The van der Waals surface area contributed by atoms with Crippen molar-refractivity contribution < 1.29 is 14.6 Å². The van der Waals surface area contributed by atoms with Gasteiger partial charge < -0.3 is 24.9 Å². The van der Waals surface area contributed by atoms with Crippen LogP contribution in [0.1, 0.15) is 5.56 Å². The molecule has 154 valence electrons. The second-order valence-electron chi connectivity index (χ2n) is 6.47. The highest BCUT2D eigenvalue weighted by atomic mass is 32.2. The first-order valence-corrected chi connectivity index (χ1v) is 10.1. The summed E-state index contributed by atoms with van der Waals surface area (Å²) in [5, 5.41) is 10.8. The van der Waals surface area contributed by atoms with Gasteiger partial charge in [0.05, 0.1) is 19.1 Å². The number of nitrogens with zero attached hydrogens (tertiary/aromatic N) is 4. The Morgan fingerprint density at radius 1 is 1.10 bits per heavy atom. The summed E-state index contributed by atoms with van der Waals surface area (Å²) >= 11 is 1.43. The van der Waals surface area contributed by atoms with Gasteiger partial charge in [-0.15, -0.1) is 0 Å². The molecule has 30 heavy (non-hydrogen) atoms. The Bertz CT molecular complexity index is 1190. The van der Waals surface area contributed by atoms with E-state index >= 15 is 0 Å². The molecule has 8 nitrogen and oxygen atoms in total. The number of aromatic hydroxyl groups is 1. The number of imidazole rings is 1. The van der Waals surface area contributed by atoms with Crippen LogP contribution in [0, 0.1) is 0 Å². The van der Waals surface area contributed by atoms with Crippen molar-refractivity contribution in [2.45, 2.75) is 23.0 Å². The van der Waals surface area contributed by atoms with Crippen LogP contribution in [0.2, 0.25) is 0 Å². The highest BCUT2D eigenvalue weighted by molar-refractivity contribution is 7.99. The topological polar surface area (TPSA) is 108 Å². The number of rotatable bonds is 7. The van der Waals surface area contributed by atoms with Crippen LogP contribution >= 0.6 is 11.8 Å². The van der Waals surface area contributed by atoms with Crippen molar-refractivity contribution in [3.05, 3.63) is 54.4 Å². The third-order valence-corrected chi connectivity index (χ3v) is 5.73. The number of phenolic OH excluding ortho intramolecular Hbond substituents is 1. The van der Waals surface area contributed by atoms with Crippen molar-refractivity contribution in [3.63, 3.8) is 0 Å². The number of fused-ring (bicyclic) bond motifs is 1. The fourth-order valence-electron chi connectivity index (χ4n) is 3.13. The molecule has 0 unspecified atom stereocenters. The summed E-state index contributed by atoms with van der Waals surface area (Å²) in [6.45, 7) is 0.555. The number of methoxy groups -OCH3 is 2. The van der Waals surface area contributed by atoms with Crippen molar-refractivity contribution in [2.75, 3.05) is 20.0 Å². The molecule has 0 atom stereocenters. The van der Waals surface area contributed by atoms with Crippen LogP contribution in [0.25, 0.3) is 11.2 Å². The van der Waals surface area contributed by atoms with Gasteiger partial charge in [-0.25, -0.2) is 15.0 Å². The Balaban J connectivity index is 1.75. The second-order valence-corrected chi connectivity index (χ2v) is 7.48. The van der Waals surface area contributed by atoms with Gasteiger partial charge in [-0.05, 0) is 48.0 Å². The Morgan fingerprint density at radius 2 is 1.93 bits per heavy atom. The Hall–Kier alpha value is -3.46. The molecule has 0 fully saturated rings. The minimum absolute atomic E-state index is 0.264. The van der Waals surface area contributed by atoms with Crippen LogP contribution in [0.5, 0.6) is 17.2 Å². The quantitative estimate of drug-likeness (QED) is 0.465. The number of benzene rings is 2. The molecule has 0 radical (unpaired) electrons. The normalized spacial score (nSPS) is 11.0. The van der Waals surface area contributed by atoms with Crippen molar-refractivity contribution in [1.82, 2.24) is 19.5 Å². The van der Waals surface area contributed by atoms with E-state index in [-0.39, 0.29) is 5.75 Å². The summed E-state index contributed by atoms with van der Waals surface area (Å²) in [4.78, 5) is 14.0. The molecule has 0 aliphatic heterocycles. The van der Waals surface area contributed by atoms with E-state index in [4.69, 9.17) is 20.2 Å². The number of aromatic nitrogens is 4. The van der Waals surface area contributed by atoms with Gasteiger partial charge in [0.15, 0.2) is 22.1 Å². The van der Waals surface area contributed by atoms with Gasteiger partial charge in [0, 0.05) is 6.54 Å². The summed E-state index contributed by atoms with van der Waals surface area (Å²) in [5.41, 5.74) is 8.07. The number of hydrogen-bond donors (Lipinski definition) is 2. The second kappa shape index (κ2) is 8.50. The SMILES string of the molecule is COc1ccc(OC)c(Sc2nc3c(N)ncnc3n2CCc2ccccc2O)c1. The van der Waals surface area contributed by atoms with Crippen LogP contribution in [-0.2, 0) is 13.0 Å². The molecule has 0 saturated carbocycles. The summed E-state index contributed by atoms with van der Waals surface area (Å²) in [6, 6.07) is 12.9. The minimum Gasteiger partial charge on any atom is -0.508 e. The fourth-order valence-corrected chi connectivity index (χ4v) is 4.18. The third-order valence-electron chi connectivity index (χ3n) is 4.69. The molecule has 0 aliphatic carbocycles. The molecule has 0 spiro atoms. The lowest BCUT2D eigenvalue weighted by Crippen LogP contribution is -2.05. The molecule has 2 aromatic carbocycles. The molecule has 2 aromatic heterocycles. The predicted molar refractivity (Wildman–Crippen MR) is 115 cm³/mol. The molecule has 2 heterocycles. The number of nitrogen functional groups attached to an aromatic ring is 1. The Labute approximate surface area is 177 Å². The lowest BCUT2D eigenvalue weighted by atomic mass is 10.1. The lowest BCUT2D eigenvalue weighted by molar-refractivity contribution is 0.394. The summed E-state index contributed by atoms with van der Waals surface area (Å²) in [7, 11) is 3.24. The van der Waals surface area contributed by atoms with E-state index in [1.807, 2.05) is 34.9 Å². The maximum absolute atomic E-state index is 10.1. The number of phenols is 1.